The molecule has 0 atom stereocenters. The summed E-state index contributed by atoms with van der Waals surface area (Å²) in [7, 11) is 0. The van der Waals surface area contributed by atoms with Crippen molar-refractivity contribution >= 4 is 16.9 Å². The molecule has 0 aliphatic rings. The third kappa shape index (κ3) is 2.67. The van der Waals surface area contributed by atoms with E-state index in [2.05, 4.69) is 4.98 Å². The first-order chi connectivity index (χ1) is 7.85. The summed E-state index contributed by atoms with van der Waals surface area (Å²) in [4.78, 5) is 15.1. The van der Waals surface area contributed by atoms with Crippen molar-refractivity contribution in [3.63, 3.8) is 0 Å². The number of fused-ring (bicyclic) bond motifs is 1. The fraction of sp³-hybridized carbons (Fsp3) is 0.357. The zero-order valence-electron chi connectivity index (χ0n) is 10.6. The van der Waals surface area contributed by atoms with Gasteiger partial charge >= 0.3 is 5.97 Å². The first-order valence-corrected chi connectivity index (χ1v) is 5.68. The molecule has 2 aromatic rings. The third-order valence-corrected chi connectivity index (χ3v) is 2.39. The van der Waals surface area contributed by atoms with Crippen LogP contribution in [0.5, 0.6) is 0 Å². The van der Waals surface area contributed by atoms with Gasteiger partial charge in [0, 0.05) is 16.6 Å². The van der Waals surface area contributed by atoms with E-state index in [9.17, 15) is 4.79 Å². The van der Waals surface area contributed by atoms with Gasteiger partial charge in [-0.15, -0.1) is 0 Å². The number of ether oxygens (including phenoxy) is 1. The van der Waals surface area contributed by atoms with E-state index >= 15 is 0 Å². The average Bonchev–Trinajstić information content (AvgIpc) is 2.53. The van der Waals surface area contributed by atoms with Gasteiger partial charge in [-0.25, -0.2) is 4.79 Å². The van der Waals surface area contributed by atoms with Gasteiger partial charge in [-0.3, -0.25) is 0 Å². The van der Waals surface area contributed by atoms with Crippen LogP contribution in [0, 0.1) is 6.92 Å². The van der Waals surface area contributed by atoms with Gasteiger partial charge in [-0.2, -0.15) is 0 Å². The summed E-state index contributed by atoms with van der Waals surface area (Å²) in [5.74, 6) is -0.279. The molecule has 3 heteroatoms. The van der Waals surface area contributed by atoms with Crippen LogP contribution in [-0.2, 0) is 4.74 Å². The van der Waals surface area contributed by atoms with E-state index < -0.39 is 5.60 Å². The van der Waals surface area contributed by atoms with Gasteiger partial charge in [0.15, 0.2) is 0 Å². The zero-order chi connectivity index (χ0) is 12.6. The van der Waals surface area contributed by atoms with Gasteiger partial charge in [0.05, 0.1) is 5.56 Å². The lowest BCUT2D eigenvalue weighted by Crippen LogP contribution is -2.23. The summed E-state index contributed by atoms with van der Waals surface area (Å²) < 4.78 is 5.33. The molecule has 17 heavy (non-hydrogen) atoms. The molecule has 0 radical (unpaired) electrons. The van der Waals surface area contributed by atoms with E-state index in [4.69, 9.17) is 4.74 Å². The number of H-pyrrole nitrogens is 1. The molecule has 90 valence electrons. The number of aromatic nitrogens is 1. The number of hydrogen-bond acceptors (Lipinski definition) is 2. The summed E-state index contributed by atoms with van der Waals surface area (Å²) >= 11 is 0. The molecule has 0 fully saturated rings. The standard InChI is InChI=1S/C14H17NO2/c1-9-7-11-8-10(5-6-12(11)15-9)13(16)17-14(2,3)4/h5-8,15H,1-4H3. The predicted octanol–water partition coefficient (Wildman–Crippen LogP) is 3.43. The fourth-order valence-corrected chi connectivity index (χ4v) is 1.74. The molecule has 1 aromatic carbocycles. The lowest BCUT2D eigenvalue weighted by Gasteiger charge is -2.19. The van der Waals surface area contributed by atoms with E-state index in [0.717, 1.165) is 16.6 Å². The van der Waals surface area contributed by atoms with Crippen LogP contribution in [-0.4, -0.2) is 16.6 Å². The molecule has 0 amide bonds. The summed E-state index contributed by atoms with van der Waals surface area (Å²) in [6, 6.07) is 7.56. The minimum Gasteiger partial charge on any atom is -0.456 e. The van der Waals surface area contributed by atoms with Gasteiger partial charge in [0.2, 0.25) is 0 Å². The average molecular weight is 231 g/mol. The molecule has 0 saturated carbocycles. The monoisotopic (exact) mass is 231 g/mol. The summed E-state index contributed by atoms with van der Waals surface area (Å²) in [6.07, 6.45) is 0. The SMILES string of the molecule is Cc1cc2cc(C(=O)OC(C)(C)C)ccc2[nH]1. The molecule has 0 bridgehead atoms. The summed E-state index contributed by atoms with van der Waals surface area (Å²) in [5.41, 5.74) is 2.25. The van der Waals surface area contributed by atoms with Crippen LogP contribution in [0.3, 0.4) is 0 Å². The van der Waals surface area contributed by atoms with Crippen LogP contribution in [0.15, 0.2) is 24.3 Å². The van der Waals surface area contributed by atoms with Crippen molar-refractivity contribution in [2.24, 2.45) is 0 Å². The van der Waals surface area contributed by atoms with Crippen molar-refractivity contribution in [2.45, 2.75) is 33.3 Å². The lowest BCUT2D eigenvalue weighted by atomic mass is 10.1. The number of carbonyl (C=O) groups excluding carboxylic acids is 1. The molecule has 0 aliphatic carbocycles. The van der Waals surface area contributed by atoms with Crippen molar-refractivity contribution in [1.29, 1.82) is 0 Å². The molecule has 0 aliphatic heterocycles. The zero-order valence-corrected chi connectivity index (χ0v) is 10.6. The second kappa shape index (κ2) is 3.91. The minimum absolute atomic E-state index is 0.279. The molecular weight excluding hydrogens is 214 g/mol. The van der Waals surface area contributed by atoms with Crippen LogP contribution < -0.4 is 0 Å². The van der Waals surface area contributed by atoms with Crippen molar-refractivity contribution in [3.8, 4) is 0 Å². The Bertz CT molecular complexity index is 561. The fourth-order valence-electron chi connectivity index (χ4n) is 1.74. The maximum absolute atomic E-state index is 11.9. The Hall–Kier alpha value is -1.77. The third-order valence-electron chi connectivity index (χ3n) is 2.39. The Morgan fingerprint density at radius 2 is 1.94 bits per heavy atom. The van der Waals surface area contributed by atoms with Crippen LogP contribution in [0.4, 0.5) is 0 Å². The largest absolute Gasteiger partial charge is 0.456 e. The van der Waals surface area contributed by atoms with Gasteiger partial charge in [-0.05, 0) is 52.0 Å². The van der Waals surface area contributed by atoms with Gasteiger partial charge in [0.1, 0.15) is 5.60 Å². The molecule has 1 N–H and O–H groups in total. The normalized spacial score (nSPS) is 11.8. The molecule has 2 rings (SSSR count). The topological polar surface area (TPSA) is 42.1 Å². The number of aryl methyl sites for hydroxylation is 1. The molecular formula is C14H17NO2. The molecule has 1 aromatic heterocycles. The second-order valence-electron chi connectivity index (χ2n) is 5.26. The Morgan fingerprint density at radius 1 is 1.24 bits per heavy atom. The first-order valence-electron chi connectivity index (χ1n) is 5.68. The summed E-state index contributed by atoms with van der Waals surface area (Å²) in [6.45, 7) is 7.59. The Morgan fingerprint density at radius 3 is 2.59 bits per heavy atom. The smallest absolute Gasteiger partial charge is 0.338 e. The molecule has 0 unspecified atom stereocenters. The number of rotatable bonds is 1. The number of esters is 1. The van der Waals surface area contributed by atoms with Crippen molar-refractivity contribution in [1.82, 2.24) is 4.98 Å². The predicted molar refractivity (Wildman–Crippen MR) is 68.2 cm³/mol. The first kappa shape index (κ1) is 11.7. The number of hydrogen-bond donors (Lipinski definition) is 1. The number of aromatic amines is 1. The van der Waals surface area contributed by atoms with Crippen molar-refractivity contribution in [3.05, 3.63) is 35.5 Å². The van der Waals surface area contributed by atoms with E-state index in [-0.39, 0.29) is 5.97 Å². The molecule has 0 saturated heterocycles. The highest BCUT2D eigenvalue weighted by atomic mass is 16.6. The van der Waals surface area contributed by atoms with Gasteiger partial charge in [-0.1, -0.05) is 0 Å². The highest BCUT2D eigenvalue weighted by Gasteiger charge is 2.18. The number of carbonyl (C=O) groups is 1. The van der Waals surface area contributed by atoms with E-state index in [1.54, 1.807) is 6.07 Å². The Kier molecular flexibility index (Phi) is 2.69. The van der Waals surface area contributed by atoms with Crippen LogP contribution in [0.2, 0.25) is 0 Å². The maximum atomic E-state index is 11.9. The van der Waals surface area contributed by atoms with E-state index in [1.807, 2.05) is 45.9 Å². The van der Waals surface area contributed by atoms with Crippen molar-refractivity contribution in [2.75, 3.05) is 0 Å². The quantitative estimate of drug-likeness (QED) is 0.764. The summed E-state index contributed by atoms with van der Waals surface area (Å²) in [5, 5.41) is 1.03. The van der Waals surface area contributed by atoms with Gasteiger partial charge in [0.25, 0.3) is 0 Å². The highest BCUT2D eigenvalue weighted by Crippen LogP contribution is 2.19. The van der Waals surface area contributed by atoms with Crippen LogP contribution in [0.25, 0.3) is 10.9 Å². The number of benzene rings is 1. The van der Waals surface area contributed by atoms with Crippen molar-refractivity contribution < 1.29 is 9.53 Å². The Labute approximate surface area is 101 Å². The second-order valence-corrected chi connectivity index (χ2v) is 5.26. The van der Waals surface area contributed by atoms with E-state index in [0.29, 0.717) is 5.56 Å². The lowest BCUT2D eigenvalue weighted by molar-refractivity contribution is 0.00697. The minimum atomic E-state index is -0.458. The maximum Gasteiger partial charge on any atom is 0.338 e. The molecule has 1 heterocycles. The van der Waals surface area contributed by atoms with Crippen LogP contribution >= 0.6 is 0 Å². The number of nitrogens with one attached hydrogen (secondary N) is 1. The van der Waals surface area contributed by atoms with Crippen LogP contribution in [0.1, 0.15) is 36.8 Å². The van der Waals surface area contributed by atoms with Gasteiger partial charge < -0.3 is 9.72 Å². The highest BCUT2D eigenvalue weighted by molar-refractivity contribution is 5.95. The molecule has 0 spiro atoms. The van der Waals surface area contributed by atoms with E-state index in [1.165, 1.54) is 0 Å². The Balaban J connectivity index is 2.33. The molecule has 3 nitrogen and oxygen atoms in total.